The maximum Gasteiger partial charge on any atom is 0.433 e. The summed E-state index contributed by atoms with van der Waals surface area (Å²) in [4.78, 5) is 7.30. The van der Waals surface area contributed by atoms with Gasteiger partial charge in [-0.05, 0) is 36.8 Å². The van der Waals surface area contributed by atoms with Crippen LogP contribution in [0.5, 0.6) is 0 Å². The number of nitrogens with zero attached hydrogens (tertiary/aromatic N) is 5. The lowest BCUT2D eigenvalue weighted by Gasteiger charge is -2.11. The highest BCUT2D eigenvalue weighted by molar-refractivity contribution is 5.59. The molecule has 0 aliphatic heterocycles. The molecule has 3 rings (SSSR count). The van der Waals surface area contributed by atoms with Crippen LogP contribution in [0, 0.1) is 6.92 Å². The second kappa shape index (κ2) is 7.90. The Balaban J connectivity index is 1.84. The number of rotatable bonds is 6. The molecule has 11 heteroatoms. The zero-order chi connectivity index (χ0) is 20.3. The van der Waals surface area contributed by atoms with Crippen LogP contribution < -0.4 is 5.32 Å². The number of hydrogen-bond acceptors (Lipinski definition) is 7. The molecule has 0 radical (unpaired) electrons. The topological polar surface area (TPSA) is 109 Å². The largest absolute Gasteiger partial charge is 0.433 e. The number of nitrogens with one attached hydrogen (secondary N) is 1. The summed E-state index contributed by atoms with van der Waals surface area (Å²) >= 11 is 0. The van der Waals surface area contributed by atoms with Gasteiger partial charge in [-0.15, -0.1) is 5.10 Å². The normalized spacial score (nSPS) is 12.8. The highest BCUT2D eigenvalue weighted by Gasteiger charge is 2.32. The van der Waals surface area contributed by atoms with Crippen LogP contribution in [0.1, 0.15) is 17.0 Å². The maximum absolute atomic E-state index is 12.8. The minimum absolute atomic E-state index is 0.144. The van der Waals surface area contributed by atoms with E-state index in [2.05, 4.69) is 25.6 Å². The third-order valence-electron chi connectivity index (χ3n) is 3.73. The van der Waals surface area contributed by atoms with Crippen molar-refractivity contribution in [2.24, 2.45) is 0 Å². The second-order valence-electron chi connectivity index (χ2n) is 6.14. The average Bonchev–Trinajstić information content (AvgIpc) is 3.09. The molecule has 2 heterocycles. The van der Waals surface area contributed by atoms with Gasteiger partial charge in [0.25, 0.3) is 0 Å². The van der Waals surface area contributed by atoms with Crippen molar-refractivity contribution >= 4 is 11.6 Å². The molecule has 2 aromatic heterocycles. The first-order valence-corrected chi connectivity index (χ1v) is 8.24. The van der Waals surface area contributed by atoms with Crippen LogP contribution in [-0.4, -0.2) is 47.9 Å². The van der Waals surface area contributed by atoms with Crippen LogP contribution in [0.4, 0.5) is 24.8 Å². The minimum atomic E-state index is -4.56. The number of aliphatic hydroxyl groups excluding tert-OH is 2. The Bertz CT molecular complexity index is 960. The summed E-state index contributed by atoms with van der Waals surface area (Å²) in [6, 6.07) is 5.97. The van der Waals surface area contributed by atoms with Gasteiger partial charge in [-0.25, -0.2) is 14.6 Å². The monoisotopic (exact) mass is 394 g/mol. The Morgan fingerprint density at radius 2 is 2.04 bits per heavy atom. The Morgan fingerprint density at radius 3 is 2.75 bits per heavy atom. The van der Waals surface area contributed by atoms with Gasteiger partial charge in [0.05, 0.1) is 30.3 Å². The van der Waals surface area contributed by atoms with E-state index in [1.165, 1.54) is 4.68 Å². The molecule has 3 aromatic rings. The molecule has 0 saturated heterocycles. The smallest absolute Gasteiger partial charge is 0.394 e. The first-order chi connectivity index (χ1) is 13.2. The van der Waals surface area contributed by atoms with E-state index in [4.69, 9.17) is 5.11 Å². The van der Waals surface area contributed by atoms with Crippen molar-refractivity contribution in [2.45, 2.75) is 25.6 Å². The summed E-state index contributed by atoms with van der Waals surface area (Å²) in [7, 11) is 0. The molecular weight excluding hydrogens is 377 g/mol. The first kappa shape index (κ1) is 19.7. The number of anilines is 2. The molecule has 1 aromatic carbocycles. The highest BCUT2D eigenvalue weighted by Crippen LogP contribution is 2.28. The lowest BCUT2D eigenvalue weighted by molar-refractivity contribution is -0.141. The first-order valence-electron chi connectivity index (χ1n) is 8.24. The second-order valence-corrected chi connectivity index (χ2v) is 6.14. The van der Waals surface area contributed by atoms with Crippen molar-refractivity contribution in [3.05, 3.63) is 53.6 Å². The fraction of sp³-hybridized carbons (Fsp3) is 0.294. The molecule has 8 nitrogen and oxygen atoms in total. The van der Waals surface area contributed by atoms with Crippen LogP contribution in [0.15, 0.2) is 36.7 Å². The van der Waals surface area contributed by atoms with Crippen LogP contribution in [0.3, 0.4) is 0 Å². The van der Waals surface area contributed by atoms with Gasteiger partial charge in [0.15, 0.2) is 0 Å². The zero-order valence-electron chi connectivity index (χ0n) is 14.7. The van der Waals surface area contributed by atoms with E-state index in [-0.39, 0.29) is 19.0 Å². The Hall–Kier alpha value is -3.05. The molecule has 1 atom stereocenters. The van der Waals surface area contributed by atoms with Gasteiger partial charge < -0.3 is 15.5 Å². The molecule has 28 heavy (non-hydrogen) atoms. The Kier molecular flexibility index (Phi) is 5.56. The Morgan fingerprint density at radius 1 is 1.25 bits per heavy atom. The average molecular weight is 394 g/mol. The third kappa shape index (κ3) is 4.81. The molecule has 1 unspecified atom stereocenters. The summed E-state index contributed by atoms with van der Waals surface area (Å²) in [5.41, 5.74) is 1.34. The van der Waals surface area contributed by atoms with Crippen molar-refractivity contribution < 1.29 is 23.4 Å². The quantitative estimate of drug-likeness (QED) is 0.587. The van der Waals surface area contributed by atoms with Gasteiger partial charge in [-0.2, -0.15) is 13.2 Å². The predicted octanol–water partition coefficient (Wildman–Crippen LogP) is 2.02. The van der Waals surface area contributed by atoms with Crippen molar-refractivity contribution in [1.82, 2.24) is 25.0 Å². The molecule has 0 spiro atoms. The Labute approximate surface area is 157 Å². The number of benzene rings is 1. The van der Waals surface area contributed by atoms with Gasteiger partial charge >= 0.3 is 6.18 Å². The third-order valence-corrected chi connectivity index (χ3v) is 3.73. The summed E-state index contributed by atoms with van der Waals surface area (Å²) in [5.74, 6) is -0.184. The lowest BCUT2D eigenvalue weighted by Crippen LogP contribution is -2.15. The maximum atomic E-state index is 12.8. The molecule has 0 aliphatic rings. The number of alkyl halides is 3. The summed E-state index contributed by atoms with van der Waals surface area (Å²) in [6.45, 7) is 1.43. The summed E-state index contributed by atoms with van der Waals surface area (Å²) in [6.07, 6.45) is -2.72. The van der Waals surface area contributed by atoms with Crippen molar-refractivity contribution in [3.63, 3.8) is 0 Å². The summed E-state index contributed by atoms with van der Waals surface area (Å²) in [5, 5.41) is 29.1. The number of halogens is 3. The van der Waals surface area contributed by atoms with E-state index in [1.54, 1.807) is 24.4 Å². The zero-order valence-corrected chi connectivity index (χ0v) is 14.7. The van der Waals surface area contributed by atoms with E-state index in [0.717, 1.165) is 17.8 Å². The summed E-state index contributed by atoms with van der Waals surface area (Å²) < 4.78 is 39.9. The van der Waals surface area contributed by atoms with Gasteiger partial charge in [0.2, 0.25) is 5.95 Å². The van der Waals surface area contributed by atoms with Crippen molar-refractivity contribution in [1.29, 1.82) is 0 Å². The van der Waals surface area contributed by atoms with Crippen molar-refractivity contribution in [3.8, 4) is 5.69 Å². The molecule has 0 bridgehead atoms. The molecule has 3 N–H and O–H groups in total. The number of aryl methyl sites for hydroxylation is 1. The van der Waals surface area contributed by atoms with E-state index >= 15 is 0 Å². The van der Waals surface area contributed by atoms with E-state index in [0.29, 0.717) is 17.1 Å². The van der Waals surface area contributed by atoms with Gasteiger partial charge in [0, 0.05) is 18.3 Å². The molecule has 0 fully saturated rings. The van der Waals surface area contributed by atoms with Gasteiger partial charge in [-0.1, -0.05) is 5.21 Å². The van der Waals surface area contributed by atoms with Crippen LogP contribution in [0.2, 0.25) is 0 Å². The molecule has 0 amide bonds. The van der Waals surface area contributed by atoms with E-state index < -0.39 is 18.0 Å². The standard InChI is InChI=1S/C17H17F3N6O2/c1-10-4-11(22-16-21-3-2-15(23-16)17(18,19)20)6-13(5-10)26-8-12(24-25-26)7-14(28)9-27/h2-6,8,14,27-28H,7,9H2,1H3,(H,21,22,23). The van der Waals surface area contributed by atoms with E-state index in [9.17, 15) is 18.3 Å². The molecule has 0 saturated carbocycles. The number of aromatic nitrogens is 5. The number of aliphatic hydroxyl groups is 2. The van der Waals surface area contributed by atoms with Crippen LogP contribution >= 0.6 is 0 Å². The van der Waals surface area contributed by atoms with Crippen LogP contribution in [0.25, 0.3) is 5.69 Å². The fourth-order valence-electron chi connectivity index (χ4n) is 2.50. The predicted molar refractivity (Wildman–Crippen MR) is 93.2 cm³/mol. The van der Waals surface area contributed by atoms with Crippen LogP contribution in [-0.2, 0) is 12.6 Å². The SMILES string of the molecule is Cc1cc(Nc2nccc(C(F)(F)F)n2)cc(-n2cc(CC(O)CO)nn2)c1. The van der Waals surface area contributed by atoms with E-state index in [1.807, 2.05) is 6.92 Å². The lowest BCUT2D eigenvalue weighted by atomic mass is 10.2. The minimum Gasteiger partial charge on any atom is -0.394 e. The number of hydrogen-bond donors (Lipinski definition) is 3. The van der Waals surface area contributed by atoms with Gasteiger partial charge in [0.1, 0.15) is 5.69 Å². The highest BCUT2D eigenvalue weighted by atomic mass is 19.4. The molecular formula is C17H17F3N6O2. The fourth-order valence-corrected chi connectivity index (χ4v) is 2.50. The molecule has 148 valence electrons. The molecule has 0 aliphatic carbocycles. The van der Waals surface area contributed by atoms with Crippen molar-refractivity contribution in [2.75, 3.05) is 11.9 Å². The van der Waals surface area contributed by atoms with Gasteiger partial charge in [-0.3, -0.25) is 0 Å².